The first-order chi connectivity index (χ1) is 16.1. The SMILES string of the molecule is COc1ccc(-c2nc(CN3C(=O)NC(c4ccccc4)(c4ccccc4)C3=O)no2)cc1. The number of ether oxygens (including phenoxy) is 1. The van der Waals surface area contributed by atoms with Gasteiger partial charge in [-0.2, -0.15) is 4.98 Å². The van der Waals surface area contributed by atoms with E-state index in [0.29, 0.717) is 22.4 Å². The van der Waals surface area contributed by atoms with Gasteiger partial charge in [-0.1, -0.05) is 65.8 Å². The van der Waals surface area contributed by atoms with Gasteiger partial charge in [0.25, 0.3) is 11.8 Å². The molecule has 8 nitrogen and oxygen atoms in total. The van der Waals surface area contributed by atoms with Crippen LogP contribution in [0.15, 0.2) is 89.5 Å². The zero-order chi connectivity index (χ0) is 22.8. The van der Waals surface area contributed by atoms with Crippen molar-refractivity contribution in [1.29, 1.82) is 0 Å². The third kappa shape index (κ3) is 3.51. The van der Waals surface area contributed by atoms with Gasteiger partial charge in [0.05, 0.1) is 13.7 Å². The van der Waals surface area contributed by atoms with Crippen molar-refractivity contribution in [2.75, 3.05) is 7.11 Å². The first-order valence-electron chi connectivity index (χ1n) is 10.3. The van der Waals surface area contributed by atoms with E-state index in [1.807, 2.05) is 60.7 Å². The highest BCUT2D eigenvalue weighted by Crippen LogP contribution is 2.36. The van der Waals surface area contributed by atoms with Crippen LogP contribution in [0.1, 0.15) is 17.0 Å². The van der Waals surface area contributed by atoms with Gasteiger partial charge in [0.1, 0.15) is 5.75 Å². The van der Waals surface area contributed by atoms with Crippen LogP contribution in [0.5, 0.6) is 5.75 Å². The Labute approximate surface area is 189 Å². The topological polar surface area (TPSA) is 97.6 Å². The predicted octanol–water partition coefficient (Wildman–Crippen LogP) is 3.74. The molecule has 164 valence electrons. The summed E-state index contributed by atoms with van der Waals surface area (Å²) < 4.78 is 10.5. The number of nitrogens with one attached hydrogen (secondary N) is 1. The van der Waals surface area contributed by atoms with Gasteiger partial charge in [-0.05, 0) is 35.4 Å². The molecule has 3 amide bonds. The molecule has 1 aliphatic heterocycles. The Hall–Kier alpha value is -4.46. The third-order valence-electron chi connectivity index (χ3n) is 5.62. The molecule has 1 aromatic heterocycles. The van der Waals surface area contributed by atoms with Crippen molar-refractivity contribution in [3.63, 3.8) is 0 Å². The molecular formula is C25H20N4O4. The highest BCUT2D eigenvalue weighted by molar-refractivity contribution is 6.09. The number of imide groups is 1. The number of carbonyl (C=O) groups is 2. The Morgan fingerprint density at radius 2 is 1.52 bits per heavy atom. The van der Waals surface area contributed by atoms with Crippen LogP contribution in [-0.4, -0.2) is 34.1 Å². The van der Waals surface area contributed by atoms with Crippen LogP contribution in [0.25, 0.3) is 11.5 Å². The van der Waals surface area contributed by atoms with Crippen molar-refractivity contribution in [3.05, 3.63) is 102 Å². The average Bonchev–Trinajstić information content (AvgIpc) is 3.44. The van der Waals surface area contributed by atoms with Crippen molar-refractivity contribution in [3.8, 4) is 17.2 Å². The minimum absolute atomic E-state index is 0.119. The Morgan fingerprint density at radius 1 is 0.909 bits per heavy atom. The van der Waals surface area contributed by atoms with Gasteiger partial charge in [0, 0.05) is 5.56 Å². The van der Waals surface area contributed by atoms with E-state index < -0.39 is 17.5 Å². The fourth-order valence-electron chi connectivity index (χ4n) is 3.96. The molecule has 0 radical (unpaired) electrons. The maximum Gasteiger partial charge on any atom is 0.325 e. The van der Waals surface area contributed by atoms with E-state index in [2.05, 4.69) is 15.5 Å². The van der Waals surface area contributed by atoms with Crippen LogP contribution in [0.2, 0.25) is 0 Å². The normalized spacial score (nSPS) is 14.9. The second kappa shape index (κ2) is 8.23. The molecule has 2 heterocycles. The fraction of sp³-hybridized carbons (Fsp3) is 0.120. The Balaban J connectivity index is 1.46. The van der Waals surface area contributed by atoms with E-state index in [0.717, 1.165) is 4.90 Å². The lowest BCUT2D eigenvalue weighted by Crippen LogP contribution is -2.45. The van der Waals surface area contributed by atoms with Gasteiger partial charge in [0.2, 0.25) is 0 Å². The van der Waals surface area contributed by atoms with Crippen molar-refractivity contribution in [1.82, 2.24) is 20.4 Å². The van der Waals surface area contributed by atoms with E-state index in [1.54, 1.807) is 31.4 Å². The number of hydrogen-bond donors (Lipinski definition) is 1. The molecular weight excluding hydrogens is 420 g/mol. The summed E-state index contributed by atoms with van der Waals surface area (Å²) in [5, 5.41) is 6.88. The minimum atomic E-state index is -1.33. The summed E-state index contributed by atoms with van der Waals surface area (Å²) in [6, 6.07) is 25.0. The molecule has 0 bridgehead atoms. The van der Waals surface area contributed by atoms with Crippen LogP contribution in [-0.2, 0) is 16.9 Å². The van der Waals surface area contributed by atoms with E-state index in [-0.39, 0.29) is 18.3 Å². The first-order valence-corrected chi connectivity index (χ1v) is 10.3. The predicted molar refractivity (Wildman–Crippen MR) is 119 cm³/mol. The quantitative estimate of drug-likeness (QED) is 0.459. The number of rotatable bonds is 6. The molecule has 0 aliphatic carbocycles. The summed E-state index contributed by atoms with van der Waals surface area (Å²) in [4.78, 5) is 32.2. The van der Waals surface area contributed by atoms with Gasteiger partial charge in [-0.15, -0.1) is 0 Å². The van der Waals surface area contributed by atoms with Crippen LogP contribution in [0.3, 0.4) is 0 Å². The monoisotopic (exact) mass is 440 g/mol. The molecule has 1 fully saturated rings. The molecule has 0 unspecified atom stereocenters. The van der Waals surface area contributed by atoms with E-state index in [9.17, 15) is 9.59 Å². The number of aromatic nitrogens is 2. The first kappa shape index (κ1) is 20.4. The maximum absolute atomic E-state index is 13.7. The lowest BCUT2D eigenvalue weighted by molar-refractivity contribution is -0.130. The largest absolute Gasteiger partial charge is 0.497 e. The molecule has 33 heavy (non-hydrogen) atoms. The third-order valence-corrected chi connectivity index (χ3v) is 5.62. The van der Waals surface area contributed by atoms with Crippen molar-refractivity contribution in [2.45, 2.75) is 12.1 Å². The van der Waals surface area contributed by atoms with Crippen molar-refractivity contribution < 1.29 is 18.8 Å². The summed E-state index contributed by atoms with van der Waals surface area (Å²) >= 11 is 0. The lowest BCUT2D eigenvalue weighted by atomic mass is 9.82. The lowest BCUT2D eigenvalue weighted by Gasteiger charge is -2.27. The van der Waals surface area contributed by atoms with E-state index in [1.165, 1.54) is 0 Å². The van der Waals surface area contributed by atoms with Gasteiger partial charge >= 0.3 is 6.03 Å². The average molecular weight is 440 g/mol. The highest BCUT2D eigenvalue weighted by atomic mass is 16.5. The molecule has 8 heteroatoms. The van der Waals surface area contributed by atoms with Crippen LogP contribution < -0.4 is 10.1 Å². The summed E-state index contributed by atoms with van der Waals surface area (Å²) in [6.45, 7) is -0.119. The number of urea groups is 1. The zero-order valence-electron chi connectivity index (χ0n) is 17.8. The van der Waals surface area contributed by atoms with Crippen LogP contribution in [0, 0.1) is 0 Å². The summed E-state index contributed by atoms with van der Waals surface area (Å²) in [5.41, 5.74) is 0.713. The second-order valence-corrected chi connectivity index (χ2v) is 7.55. The smallest absolute Gasteiger partial charge is 0.325 e. The second-order valence-electron chi connectivity index (χ2n) is 7.55. The molecule has 1 aliphatic rings. The number of benzene rings is 3. The van der Waals surface area contributed by atoms with E-state index >= 15 is 0 Å². The highest BCUT2D eigenvalue weighted by Gasteiger charge is 2.53. The number of nitrogens with zero attached hydrogens (tertiary/aromatic N) is 3. The number of carbonyl (C=O) groups excluding carboxylic acids is 2. The summed E-state index contributed by atoms with van der Waals surface area (Å²) in [5.74, 6) is 0.815. The Kier molecular flexibility index (Phi) is 5.10. The van der Waals surface area contributed by atoms with Gasteiger partial charge < -0.3 is 14.6 Å². The molecule has 5 rings (SSSR count). The van der Waals surface area contributed by atoms with Gasteiger partial charge in [-0.3, -0.25) is 9.69 Å². The van der Waals surface area contributed by atoms with Crippen molar-refractivity contribution in [2.24, 2.45) is 0 Å². The summed E-state index contributed by atoms with van der Waals surface area (Å²) in [7, 11) is 1.59. The molecule has 0 saturated carbocycles. The van der Waals surface area contributed by atoms with Crippen molar-refractivity contribution >= 4 is 11.9 Å². The van der Waals surface area contributed by atoms with E-state index in [4.69, 9.17) is 9.26 Å². The molecule has 4 aromatic rings. The number of methoxy groups -OCH3 is 1. The molecule has 3 aromatic carbocycles. The maximum atomic E-state index is 13.7. The van der Waals surface area contributed by atoms with Gasteiger partial charge in [-0.25, -0.2) is 4.79 Å². The van der Waals surface area contributed by atoms with Gasteiger partial charge in [0.15, 0.2) is 11.4 Å². The molecule has 0 atom stereocenters. The standard InChI is InChI=1S/C25H20N4O4/c1-32-20-14-12-17(13-15-20)22-26-21(28-33-22)16-29-23(30)25(27-24(29)31,18-8-4-2-5-9-18)19-10-6-3-7-11-19/h2-15H,16H2,1H3,(H,27,31). The number of hydrogen-bond acceptors (Lipinski definition) is 6. The molecule has 0 spiro atoms. The summed E-state index contributed by atoms with van der Waals surface area (Å²) in [6.07, 6.45) is 0. The van der Waals surface area contributed by atoms with Crippen LogP contribution in [0.4, 0.5) is 4.79 Å². The Morgan fingerprint density at radius 3 is 2.09 bits per heavy atom. The minimum Gasteiger partial charge on any atom is -0.497 e. The molecule has 1 N–H and O–H groups in total. The zero-order valence-corrected chi connectivity index (χ0v) is 17.8. The van der Waals surface area contributed by atoms with Crippen LogP contribution >= 0.6 is 0 Å². The molecule has 1 saturated heterocycles. The fourth-order valence-corrected chi connectivity index (χ4v) is 3.96. The Bertz CT molecular complexity index is 1250. The number of amides is 3.